The van der Waals surface area contributed by atoms with E-state index in [1.54, 1.807) is 4.68 Å². The maximum atomic E-state index is 9.90. The molecular weight excluding hydrogens is 204 g/mol. The van der Waals surface area contributed by atoms with Crippen LogP contribution in [0.25, 0.3) is 0 Å². The highest BCUT2D eigenvalue weighted by Crippen LogP contribution is 2.10. The van der Waals surface area contributed by atoms with E-state index in [0.717, 1.165) is 25.2 Å². The third kappa shape index (κ3) is 4.28. The number of hydrogen-bond acceptors (Lipinski definition) is 4. The van der Waals surface area contributed by atoms with Gasteiger partial charge >= 0.3 is 0 Å². The Morgan fingerprint density at radius 3 is 2.88 bits per heavy atom. The molecule has 1 unspecified atom stereocenters. The molecule has 1 aromatic rings. The molecule has 0 saturated carbocycles. The maximum Gasteiger partial charge on any atom is 0.0964 e. The predicted octanol–water partition coefficient (Wildman–Crippen LogP) is 0.939. The second-order valence-corrected chi connectivity index (χ2v) is 4.43. The van der Waals surface area contributed by atoms with Gasteiger partial charge < -0.3 is 10.4 Å². The Labute approximate surface area is 96.9 Å². The third-order valence-electron chi connectivity index (χ3n) is 2.58. The lowest BCUT2D eigenvalue weighted by molar-refractivity contribution is 0.0339. The van der Waals surface area contributed by atoms with Gasteiger partial charge in [-0.15, -0.1) is 5.10 Å². The molecule has 0 amide bonds. The van der Waals surface area contributed by atoms with Gasteiger partial charge in [-0.2, -0.15) is 0 Å². The molecule has 1 aromatic heterocycles. The minimum Gasteiger partial charge on any atom is -0.388 e. The molecule has 0 spiro atoms. The second kappa shape index (κ2) is 5.96. The molecule has 0 radical (unpaired) electrons. The van der Waals surface area contributed by atoms with Crippen molar-refractivity contribution >= 4 is 0 Å². The van der Waals surface area contributed by atoms with Gasteiger partial charge in [0.2, 0.25) is 0 Å². The molecule has 92 valence electrons. The molecule has 1 heterocycles. The van der Waals surface area contributed by atoms with Crippen LogP contribution in [0.1, 0.15) is 39.3 Å². The molecule has 0 aromatic carbocycles. The van der Waals surface area contributed by atoms with E-state index in [2.05, 4.69) is 22.6 Å². The Hall–Kier alpha value is -0.940. The van der Waals surface area contributed by atoms with E-state index in [1.807, 2.05) is 20.0 Å². The SMILES string of the molecule is CCCNCc1cn(CC(C)(O)CC)nn1. The summed E-state index contributed by atoms with van der Waals surface area (Å²) in [7, 11) is 0. The number of aromatic nitrogens is 3. The van der Waals surface area contributed by atoms with E-state index in [1.165, 1.54) is 0 Å². The Kier molecular flexibility index (Phi) is 4.89. The first kappa shape index (κ1) is 13.1. The molecule has 16 heavy (non-hydrogen) atoms. The zero-order valence-electron chi connectivity index (χ0n) is 10.4. The van der Waals surface area contributed by atoms with Crippen molar-refractivity contribution in [3.8, 4) is 0 Å². The number of nitrogens with one attached hydrogen (secondary N) is 1. The van der Waals surface area contributed by atoms with E-state index >= 15 is 0 Å². The number of nitrogens with zero attached hydrogens (tertiary/aromatic N) is 3. The van der Waals surface area contributed by atoms with Crippen molar-refractivity contribution in [2.24, 2.45) is 0 Å². The Morgan fingerprint density at radius 1 is 1.50 bits per heavy atom. The Morgan fingerprint density at radius 2 is 2.25 bits per heavy atom. The van der Waals surface area contributed by atoms with Crippen LogP contribution < -0.4 is 5.32 Å². The minimum atomic E-state index is -0.707. The van der Waals surface area contributed by atoms with Crippen molar-refractivity contribution in [3.63, 3.8) is 0 Å². The fourth-order valence-corrected chi connectivity index (χ4v) is 1.35. The van der Waals surface area contributed by atoms with Crippen LogP contribution in [0.2, 0.25) is 0 Å². The molecule has 2 N–H and O–H groups in total. The summed E-state index contributed by atoms with van der Waals surface area (Å²) in [4.78, 5) is 0. The summed E-state index contributed by atoms with van der Waals surface area (Å²) in [6.45, 7) is 8.11. The zero-order chi connectivity index (χ0) is 12.0. The number of aliphatic hydroxyl groups is 1. The minimum absolute atomic E-state index is 0.490. The molecule has 0 aliphatic carbocycles. The topological polar surface area (TPSA) is 63.0 Å². The predicted molar refractivity (Wildman–Crippen MR) is 62.9 cm³/mol. The zero-order valence-corrected chi connectivity index (χ0v) is 10.4. The summed E-state index contributed by atoms with van der Waals surface area (Å²) in [5.74, 6) is 0. The van der Waals surface area contributed by atoms with Crippen molar-refractivity contribution in [1.82, 2.24) is 20.3 Å². The molecule has 5 heteroatoms. The summed E-state index contributed by atoms with van der Waals surface area (Å²) >= 11 is 0. The fourth-order valence-electron chi connectivity index (χ4n) is 1.35. The molecule has 1 rings (SSSR count). The molecule has 5 nitrogen and oxygen atoms in total. The summed E-state index contributed by atoms with van der Waals surface area (Å²) in [5, 5.41) is 21.2. The van der Waals surface area contributed by atoms with Gasteiger partial charge in [-0.05, 0) is 26.3 Å². The highest BCUT2D eigenvalue weighted by atomic mass is 16.3. The lowest BCUT2D eigenvalue weighted by Crippen LogP contribution is -2.29. The highest BCUT2D eigenvalue weighted by molar-refractivity contribution is 4.92. The second-order valence-electron chi connectivity index (χ2n) is 4.43. The van der Waals surface area contributed by atoms with Crippen molar-refractivity contribution in [2.45, 2.75) is 52.3 Å². The van der Waals surface area contributed by atoms with Crippen LogP contribution in [-0.2, 0) is 13.1 Å². The lowest BCUT2D eigenvalue weighted by Gasteiger charge is -2.20. The summed E-state index contributed by atoms with van der Waals surface area (Å²) in [5.41, 5.74) is 0.210. The maximum absolute atomic E-state index is 9.90. The third-order valence-corrected chi connectivity index (χ3v) is 2.58. The fraction of sp³-hybridized carbons (Fsp3) is 0.818. The summed E-state index contributed by atoms with van der Waals surface area (Å²) in [6.07, 6.45) is 3.70. The Balaban J connectivity index is 2.45. The van der Waals surface area contributed by atoms with E-state index in [4.69, 9.17) is 0 Å². The molecule has 0 aliphatic rings. The highest BCUT2D eigenvalue weighted by Gasteiger charge is 2.18. The van der Waals surface area contributed by atoms with Gasteiger partial charge in [0, 0.05) is 12.7 Å². The lowest BCUT2D eigenvalue weighted by atomic mass is 10.0. The number of rotatable bonds is 7. The first-order chi connectivity index (χ1) is 7.57. The quantitative estimate of drug-likeness (QED) is 0.679. The number of hydrogen-bond donors (Lipinski definition) is 2. The van der Waals surface area contributed by atoms with Gasteiger partial charge in [0.05, 0.1) is 17.8 Å². The molecule has 0 bridgehead atoms. The normalized spacial score (nSPS) is 15.0. The van der Waals surface area contributed by atoms with Crippen LogP contribution in [0.4, 0.5) is 0 Å². The van der Waals surface area contributed by atoms with Gasteiger partial charge in [0.1, 0.15) is 0 Å². The van der Waals surface area contributed by atoms with Crippen LogP contribution in [0, 0.1) is 0 Å². The van der Waals surface area contributed by atoms with Crippen LogP contribution in [0.5, 0.6) is 0 Å². The molecule has 1 atom stereocenters. The smallest absolute Gasteiger partial charge is 0.0964 e. The van der Waals surface area contributed by atoms with Gasteiger partial charge in [-0.1, -0.05) is 19.1 Å². The van der Waals surface area contributed by atoms with Gasteiger partial charge in [0.25, 0.3) is 0 Å². The van der Waals surface area contributed by atoms with Crippen molar-refractivity contribution < 1.29 is 5.11 Å². The van der Waals surface area contributed by atoms with E-state index in [9.17, 15) is 5.11 Å². The van der Waals surface area contributed by atoms with E-state index in [-0.39, 0.29) is 0 Å². The summed E-state index contributed by atoms with van der Waals surface area (Å²) < 4.78 is 1.70. The van der Waals surface area contributed by atoms with Crippen LogP contribution in [0.3, 0.4) is 0 Å². The van der Waals surface area contributed by atoms with Crippen LogP contribution in [-0.4, -0.2) is 32.2 Å². The Bertz CT molecular complexity index is 309. The van der Waals surface area contributed by atoms with Gasteiger partial charge in [0.15, 0.2) is 0 Å². The van der Waals surface area contributed by atoms with Gasteiger partial charge in [-0.3, -0.25) is 0 Å². The molecule has 0 saturated heterocycles. The molecular formula is C11H22N4O. The largest absolute Gasteiger partial charge is 0.388 e. The van der Waals surface area contributed by atoms with E-state index < -0.39 is 5.60 Å². The molecule has 0 fully saturated rings. The van der Waals surface area contributed by atoms with Crippen LogP contribution in [0.15, 0.2) is 6.20 Å². The van der Waals surface area contributed by atoms with Crippen molar-refractivity contribution in [3.05, 3.63) is 11.9 Å². The van der Waals surface area contributed by atoms with Crippen molar-refractivity contribution in [1.29, 1.82) is 0 Å². The average Bonchev–Trinajstić information content (AvgIpc) is 2.65. The molecule has 0 aliphatic heterocycles. The van der Waals surface area contributed by atoms with E-state index in [0.29, 0.717) is 13.0 Å². The monoisotopic (exact) mass is 226 g/mol. The first-order valence-corrected chi connectivity index (χ1v) is 5.89. The van der Waals surface area contributed by atoms with Gasteiger partial charge in [-0.25, -0.2) is 4.68 Å². The average molecular weight is 226 g/mol. The summed E-state index contributed by atoms with van der Waals surface area (Å²) in [6, 6.07) is 0. The standard InChI is InChI=1S/C11H22N4O/c1-4-6-12-7-10-8-15(14-13-10)9-11(3,16)5-2/h8,12,16H,4-7,9H2,1-3H3. The van der Waals surface area contributed by atoms with Crippen LogP contribution >= 0.6 is 0 Å². The van der Waals surface area contributed by atoms with Crippen molar-refractivity contribution in [2.75, 3.05) is 6.54 Å². The first-order valence-electron chi connectivity index (χ1n) is 5.89.